The zero-order valence-electron chi connectivity index (χ0n) is 20.6. The first-order valence-electron chi connectivity index (χ1n) is 11.7. The molecule has 7 nitrogen and oxygen atoms in total. The maximum absolute atomic E-state index is 12.9. The van der Waals surface area contributed by atoms with Crippen molar-refractivity contribution < 1.29 is 45.3 Å². The van der Waals surface area contributed by atoms with E-state index in [2.05, 4.69) is 14.8 Å². The maximum Gasteiger partial charge on any atom is 0.491 e. The summed E-state index contributed by atoms with van der Waals surface area (Å²) in [6.07, 6.45) is -7.02. The second-order valence-electron chi connectivity index (χ2n) is 8.96. The monoisotopic (exact) mass is 563 g/mol. The number of pyridine rings is 1. The summed E-state index contributed by atoms with van der Waals surface area (Å²) in [5.74, 6) is -1.93. The number of hydrogen-bond donors (Lipinski definition) is 0. The predicted octanol–water partition coefficient (Wildman–Crippen LogP) is 6.07. The highest BCUT2D eigenvalue weighted by Gasteiger charge is 2.41. The molecule has 0 bridgehead atoms. The maximum atomic E-state index is 12.9. The summed E-state index contributed by atoms with van der Waals surface area (Å²) in [5, 5.41) is 4.04. The number of carbonyl (C=O) groups excluding carboxylic acids is 1. The first-order valence-corrected chi connectivity index (χ1v) is 11.7. The molecule has 2 aromatic carbocycles. The molecule has 1 aliphatic heterocycles. The van der Waals surface area contributed by atoms with Gasteiger partial charge >= 0.3 is 18.3 Å². The van der Waals surface area contributed by atoms with Crippen LogP contribution in [0, 0.1) is 0 Å². The molecule has 0 saturated carbocycles. The molecular weight excluding hydrogens is 544 g/mol. The molecule has 0 fully saturated rings. The highest BCUT2D eigenvalue weighted by atomic mass is 19.4. The second-order valence-corrected chi connectivity index (χ2v) is 8.96. The van der Waals surface area contributed by atoms with Crippen LogP contribution in [0.1, 0.15) is 28.5 Å². The third-order valence-corrected chi connectivity index (χ3v) is 5.96. The standard InChI is InChI=1S/C27H19F6N3O4/c1-36-13-17(12-34-36)21-11-20(39-25(37)27(31,32)33)10-19(35-21)8-15-2-7-22-23(9-15)38-14-24(40-22)16-3-5-18(6-4-16)26(28,29)30/h2-7,9-13,24H,8,14H2,1H3. The summed E-state index contributed by atoms with van der Waals surface area (Å²) < 4.78 is 94.7. The van der Waals surface area contributed by atoms with Gasteiger partial charge in [0.05, 0.1) is 17.5 Å². The van der Waals surface area contributed by atoms with Crippen molar-refractivity contribution in [3.63, 3.8) is 0 Å². The summed E-state index contributed by atoms with van der Waals surface area (Å²) in [7, 11) is 1.66. The number of ether oxygens (including phenoxy) is 3. The van der Waals surface area contributed by atoms with Crippen LogP contribution < -0.4 is 14.2 Å². The van der Waals surface area contributed by atoms with Crippen molar-refractivity contribution in [1.82, 2.24) is 14.8 Å². The van der Waals surface area contributed by atoms with Crippen LogP contribution in [-0.4, -0.2) is 33.5 Å². The Bertz CT molecular complexity index is 1550. The van der Waals surface area contributed by atoms with Crippen molar-refractivity contribution in [2.75, 3.05) is 6.61 Å². The summed E-state index contributed by atoms with van der Waals surface area (Å²) in [6, 6.07) is 12.1. The van der Waals surface area contributed by atoms with E-state index in [1.54, 1.807) is 31.4 Å². The van der Waals surface area contributed by atoms with Gasteiger partial charge in [-0.25, -0.2) is 4.79 Å². The SMILES string of the molecule is Cn1cc(-c2cc(OC(=O)C(F)(F)F)cc(Cc3ccc4c(c3)OCC(c3ccc(C(F)(F)F)cc3)O4)n2)cn1. The van der Waals surface area contributed by atoms with Gasteiger partial charge in [0.25, 0.3) is 0 Å². The number of rotatable bonds is 5. The van der Waals surface area contributed by atoms with E-state index < -0.39 is 30.0 Å². The first-order chi connectivity index (χ1) is 18.8. The topological polar surface area (TPSA) is 75.5 Å². The second kappa shape index (κ2) is 10.2. The van der Waals surface area contributed by atoms with Crippen LogP contribution in [0.5, 0.6) is 17.2 Å². The van der Waals surface area contributed by atoms with Crippen molar-refractivity contribution in [2.45, 2.75) is 24.9 Å². The molecule has 2 aromatic heterocycles. The Morgan fingerprint density at radius 1 is 1.02 bits per heavy atom. The van der Waals surface area contributed by atoms with Gasteiger partial charge in [-0.05, 0) is 35.4 Å². The molecule has 13 heteroatoms. The van der Waals surface area contributed by atoms with Gasteiger partial charge < -0.3 is 14.2 Å². The minimum absolute atomic E-state index is 0.0497. The van der Waals surface area contributed by atoms with Crippen LogP contribution in [0.4, 0.5) is 26.3 Å². The van der Waals surface area contributed by atoms with Crippen molar-refractivity contribution in [3.05, 3.63) is 89.4 Å². The molecule has 0 saturated heterocycles. The molecule has 0 spiro atoms. The van der Waals surface area contributed by atoms with Crippen LogP contribution in [-0.2, 0) is 24.4 Å². The smallest absolute Gasteiger partial charge is 0.485 e. The predicted molar refractivity (Wildman–Crippen MR) is 128 cm³/mol. The molecular formula is C27H19F6N3O4. The van der Waals surface area contributed by atoms with Crippen LogP contribution in [0.2, 0.25) is 0 Å². The zero-order chi connectivity index (χ0) is 28.7. The Labute approximate surface area is 222 Å². The fraction of sp³-hybridized carbons (Fsp3) is 0.222. The van der Waals surface area contributed by atoms with Gasteiger partial charge in [0.15, 0.2) is 17.6 Å². The molecule has 40 heavy (non-hydrogen) atoms. The summed E-state index contributed by atoms with van der Waals surface area (Å²) >= 11 is 0. The molecule has 4 aromatic rings. The van der Waals surface area contributed by atoms with Crippen molar-refractivity contribution in [3.8, 4) is 28.5 Å². The molecule has 0 aliphatic carbocycles. The van der Waals surface area contributed by atoms with Gasteiger partial charge in [0.1, 0.15) is 12.4 Å². The highest BCUT2D eigenvalue weighted by Crippen LogP contribution is 2.38. The van der Waals surface area contributed by atoms with Gasteiger partial charge in [-0.3, -0.25) is 9.67 Å². The molecule has 0 radical (unpaired) electrons. The van der Waals surface area contributed by atoms with E-state index >= 15 is 0 Å². The number of aromatic nitrogens is 3. The van der Waals surface area contributed by atoms with Crippen molar-refractivity contribution in [2.24, 2.45) is 7.05 Å². The molecule has 3 heterocycles. The number of esters is 1. The average molecular weight is 563 g/mol. The summed E-state index contributed by atoms with van der Waals surface area (Å²) in [4.78, 5) is 15.9. The summed E-state index contributed by atoms with van der Waals surface area (Å²) in [5.41, 5.74) is 1.48. The first kappa shape index (κ1) is 27.0. The minimum atomic E-state index is -5.17. The third kappa shape index (κ3) is 6.03. The van der Waals surface area contributed by atoms with Gasteiger partial charge in [0.2, 0.25) is 0 Å². The lowest BCUT2D eigenvalue weighted by Gasteiger charge is -2.27. The molecule has 1 atom stereocenters. The number of carbonyl (C=O) groups is 1. The highest BCUT2D eigenvalue weighted by molar-refractivity contribution is 5.78. The quantitative estimate of drug-likeness (QED) is 0.217. The number of aryl methyl sites for hydroxylation is 1. The Morgan fingerprint density at radius 3 is 2.42 bits per heavy atom. The van der Waals surface area contributed by atoms with Crippen LogP contribution >= 0.6 is 0 Å². The van der Waals surface area contributed by atoms with Gasteiger partial charge in [-0.2, -0.15) is 31.4 Å². The lowest BCUT2D eigenvalue weighted by atomic mass is 10.0. The van der Waals surface area contributed by atoms with E-state index in [1.807, 2.05) is 0 Å². The average Bonchev–Trinajstić information content (AvgIpc) is 3.33. The minimum Gasteiger partial charge on any atom is -0.485 e. The Balaban J connectivity index is 1.36. The Morgan fingerprint density at radius 2 is 1.77 bits per heavy atom. The van der Waals surface area contributed by atoms with E-state index in [0.29, 0.717) is 33.9 Å². The largest absolute Gasteiger partial charge is 0.491 e. The van der Waals surface area contributed by atoms with Crippen molar-refractivity contribution >= 4 is 5.97 Å². The zero-order valence-corrected chi connectivity index (χ0v) is 20.6. The third-order valence-electron chi connectivity index (χ3n) is 5.96. The molecule has 0 N–H and O–H groups in total. The summed E-state index contributed by atoms with van der Waals surface area (Å²) in [6.45, 7) is 0.0497. The molecule has 1 aliphatic rings. The van der Waals surface area contributed by atoms with Crippen LogP contribution in [0.3, 0.4) is 0 Å². The number of nitrogens with zero attached hydrogens (tertiary/aromatic N) is 3. The van der Waals surface area contributed by atoms with Gasteiger partial charge in [-0.1, -0.05) is 18.2 Å². The van der Waals surface area contributed by atoms with Crippen LogP contribution in [0.15, 0.2) is 67.0 Å². The molecule has 0 amide bonds. The fourth-order valence-corrected chi connectivity index (χ4v) is 4.06. The van der Waals surface area contributed by atoms with E-state index in [-0.39, 0.29) is 24.5 Å². The normalized spacial score (nSPS) is 15.1. The Kier molecular flexibility index (Phi) is 6.90. The van der Waals surface area contributed by atoms with E-state index in [4.69, 9.17) is 9.47 Å². The number of halogens is 6. The number of alkyl halides is 6. The van der Waals surface area contributed by atoms with E-state index in [9.17, 15) is 31.1 Å². The molecule has 208 valence electrons. The lowest BCUT2D eigenvalue weighted by molar-refractivity contribution is -0.189. The Hall–Kier alpha value is -4.55. The fourth-order valence-electron chi connectivity index (χ4n) is 4.06. The molecule has 5 rings (SSSR count). The number of hydrogen-bond acceptors (Lipinski definition) is 6. The number of benzene rings is 2. The molecule has 1 unspecified atom stereocenters. The lowest BCUT2D eigenvalue weighted by Crippen LogP contribution is -2.28. The van der Waals surface area contributed by atoms with E-state index in [1.165, 1.54) is 35.1 Å². The van der Waals surface area contributed by atoms with Gasteiger partial charge in [-0.15, -0.1) is 0 Å². The number of fused-ring (bicyclic) bond motifs is 1. The van der Waals surface area contributed by atoms with Crippen molar-refractivity contribution in [1.29, 1.82) is 0 Å². The van der Waals surface area contributed by atoms with Crippen LogP contribution in [0.25, 0.3) is 11.3 Å². The van der Waals surface area contributed by atoms with E-state index in [0.717, 1.165) is 12.1 Å². The van der Waals surface area contributed by atoms with Gasteiger partial charge in [0, 0.05) is 43.1 Å².